The van der Waals surface area contributed by atoms with Gasteiger partial charge in [-0.15, -0.1) is 0 Å². The Bertz CT molecular complexity index is 978. The molecular weight excluding hydrogens is 528 g/mol. The maximum Gasteiger partial charge on any atom is 0.211 e. The second-order valence-corrected chi connectivity index (χ2v) is 11.3. The van der Waals surface area contributed by atoms with E-state index in [2.05, 4.69) is 37.9 Å². The van der Waals surface area contributed by atoms with E-state index in [9.17, 15) is 8.42 Å². The fourth-order valence-corrected chi connectivity index (χ4v) is 6.10. The monoisotopic (exact) mass is 546 g/mol. The number of allylic oxidation sites excluding steroid dienone is 5. The topological polar surface area (TPSA) is 61.2 Å². The summed E-state index contributed by atoms with van der Waals surface area (Å²) in [5, 5.41) is 8.09. The Labute approximate surface area is 188 Å². The summed E-state index contributed by atoms with van der Waals surface area (Å²) in [6.45, 7) is 1.08. The smallest absolute Gasteiger partial charge is 0.211 e. The van der Waals surface area contributed by atoms with Crippen LogP contribution in [0.1, 0.15) is 29.9 Å². The van der Waals surface area contributed by atoms with Crippen molar-refractivity contribution in [2.75, 3.05) is 19.3 Å². The second-order valence-electron chi connectivity index (χ2n) is 7.09. The van der Waals surface area contributed by atoms with E-state index in [-0.39, 0.29) is 5.92 Å². The standard InChI is InChI=1S/C20H21Br2ClN2O2S/c1-28(26,27)25-6-4-14(5-7-25)18-9-13(8-16(21)12-24)2-3-15-10-17(23)11-19(22)20(15)18/h2-3,8-12,14,18,24H,4-7H2,1H3/b16-8+,24-12?. The Morgan fingerprint density at radius 1 is 1.29 bits per heavy atom. The number of fused-ring (bicyclic) bond motifs is 1. The number of halogens is 3. The largest absolute Gasteiger partial charge is 0.308 e. The molecule has 0 aromatic heterocycles. The van der Waals surface area contributed by atoms with E-state index in [1.807, 2.05) is 30.4 Å². The summed E-state index contributed by atoms with van der Waals surface area (Å²) in [4.78, 5) is 0. The lowest BCUT2D eigenvalue weighted by Gasteiger charge is -2.35. The molecule has 1 unspecified atom stereocenters. The molecule has 1 saturated heterocycles. The minimum Gasteiger partial charge on any atom is -0.308 e. The van der Waals surface area contributed by atoms with E-state index >= 15 is 0 Å². The number of benzene rings is 1. The lowest BCUT2D eigenvalue weighted by molar-refractivity contribution is 0.260. The van der Waals surface area contributed by atoms with Crippen LogP contribution in [0.4, 0.5) is 0 Å². The molecule has 0 spiro atoms. The van der Waals surface area contributed by atoms with Crippen molar-refractivity contribution in [2.24, 2.45) is 5.92 Å². The van der Waals surface area contributed by atoms with Crippen molar-refractivity contribution in [2.45, 2.75) is 18.8 Å². The second kappa shape index (κ2) is 8.96. The van der Waals surface area contributed by atoms with E-state index < -0.39 is 10.0 Å². The third kappa shape index (κ3) is 5.05. The fraction of sp³-hybridized carbons (Fsp3) is 0.350. The molecule has 0 bridgehead atoms. The number of nitrogens with one attached hydrogen (secondary N) is 1. The molecule has 1 aliphatic heterocycles. The first-order chi connectivity index (χ1) is 13.2. The molecule has 2 aliphatic rings. The van der Waals surface area contributed by atoms with Crippen LogP contribution < -0.4 is 0 Å². The van der Waals surface area contributed by atoms with Gasteiger partial charge in [0.15, 0.2) is 0 Å². The first-order valence-corrected chi connectivity index (χ1v) is 12.7. The van der Waals surface area contributed by atoms with Gasteiger partial charge in [0.2, 0.25) is 10.0 Å². The van der Waals surface area contributed by atoms with Gasteiger partial charge in [0, 0.05) is 39.2 Å². The third-order valence-electron chi connectivity index (χ3n) is 5.20. The third-order valence-corrected chi connectivity index (χ3v) is 7.84. The van der Waals surface area contributed by atoms with Crippen molar-refractivity contribution in [3.63, 3.8) is 0 Å². The fourth-order valence-electron chi connectivity index (χ4n) is 3.86. The molecule has 1 N–H and O–H groups in total. The van der Waals surface area contributed by atoms with Gasteiger partial charge in [0.1, 0.15) is 0 Å². The molecule has 150 valence electrons. The molecule has 4 nitrogen and oxygen atoms in total. The Kier molecular flexibility index (Phi) is 7.03. The van der Waals surface area contributed by atoms with Gasteiger partial charge < -0.3 is 5.41 Å². The molecule has 1 aromatic rings. The molecule has 0 saturated carbocycles. The van der Waals surface area contributed by atoms with Crippen molar-refractivity contribution in [1.29, 1.82) is 5.41 Å². The van der Waals surface area contributed by atoms with Crippen LogP contribution in [0.3, 0.4) is 0 Å². The Hall–Kier alpha value is -0.730. The van der Waals surface area contributed by atoms with Crippen molar-refractivity contribution in [1.82, 2.24) is 4.31 Å². The molecular formula is C20H21Br2ClN2O2S. The summed E-state index contributed by atoms with van der Waals surface area (Å²) >= 11 is 13.3. The van der Waals surface area contributed by atoms with E-state index in [1.165, 1.54) is 18.0 Å². The zero-order chi connectivity index (χ0) is 20.5. The molecule has 8 heteroatoms. The van der Waals surface area contributed by atoms with Gasteiger partial charge in [-0.1, -0.05) is 45.8 Å². The van der Waals surface area contributed by atoms with Gasteiger partial charge in [0.05, 0.1) is 6.26 Å². The van der Waals surface area contributed by atoms with Gasteiger partial charge >= 0.3 is 0 Å². The van der Waals surface area contributed by atoms with Crippen molar-refractivity contribution >= 4 is 65.8 Å². The highest BCUT2D eigenvalue weighted by Gasteiger charge is 2.32. The summed E-state index contributed by atoms with van der Waals surface area (Å²) in [6, 6.07) is 3.87. The SMILES string of the molecule is CS(=O)(=O)N1CCC(C2C=C(/C=C(/Br)C=N)C=Cc3cc(Cl)cc(Br)c32)CC1. The van der Waals surface area contributed by atoms with E-state index in [4.69, 9.17) is 17.0 Å². The van der Waals surface area contributed by atoms with Crippen LogP contribution >= 0.6 is 43.5 Å². The van der Waals surface area contributed by atoms with Crippen molar-refractivity contribution < 1.29 is 8.42 Å². The van der Waals surface area contributed by atoms with Gasteiger partial charge in [0.25, 0.3) is 0 Å². The molecule has 1 fully saturated rings. The lowest BCUT2D eigenvalue weighted by Crippen LogP contribution is -2.39. The first-order valence-electron chi connectivity index (χ1n) is 8.90. The molecule has 28 heavy (non-hydrogen) atoms. The summed E-state index contributed by atoms with van der Waals surface area (Å²) in [5.41, 5.74) is 3.23. The molecule has 1 aromatic carbocycles. The highest BCUT2D eigenvalue weighted by Crippen LogP contribution is 2.43. The minimum atomic E-state index is -3.15. The summed E-state index contributed by atoms with van der Waals surface area (Å²) in [7, 11) is -3.15. The van der Waals surface area contributed by atoms with Crippen LogP contribution in [0.2, 0.25) is 5.02 Å². The number of hydrogen-bond acceptors (Lipinski definition) is 3. The van der Waals surface area contributed by atoms with Gasteiger partial charge in [-0.05, 0) is 69.6 Å². The van der Waals surface area contributed by atoms with Gasteiger partial charge in [-0.2, -0.15) is 0 Å². The van der Waals surface area contributed by atoms with Crippen LogP contribution in [0.15, 0.2) is 44.9 Å². The number of rotatable bonds is 4. The zero-order valence-corrected chi connectivity index (χ0v) is 20.1. The average molecular weight is 549 g/mol. The van der Waals surface area contributed by atoms with Gasteiger partial charge in [-0.25, -0.2) is 12.7 Å². The number of hydrogen-bond donors (Lipinski definition) is 1. The van der Waals surface area contributed by atoms with E-state index in [0.717, 1.165) is 28.5 Å². The van der Waals surface area contributed by atoms with Crippen LogP contribution in [-0.2, 0) is 10.0 Å². The quantitative estimate of drug-likeness (QED) is 0.488. The lowest BCUT2D eigenvalue weighted by atomic mass is 9.78. The predicted octanol–water partition coefficient (Wildman–Crippen LogP) is 5.74. The number of piperidine rings is 1. The van der Waals surface area contributed by atoms with Crippen LogP contribution in [-0.4, -0.2) is 38.3 Å². The van der Waals surface area contributed by atoms with Crippen LogP contribution in [0.25, 0.3) is 6.08 Å². The van der Waals surface area contributed by atoms with E-state index in [0.29, 0.717) is 28.5 Å². The number of sulfonamides is 1. The molecule has 1 aliphatic carbocycles. The zero-order valence-electron chi connectivity index (χ0n) is 15.3. The Balaban J connectivity index is 2.02. The Morgan fingerprint density at radius 2 is 1.96 bits per heavy atom. The summed E-state index contributed by atoms with van der Waals surface area (Å²) < 4.78 is 27.0. The molecule has 1 heterocycles. The maximum atomic E-state index is 11.9. The maximum absolute atomic E-state index is 11.9. The summed E-state index contributed by atoms with van der Waals surface area (Å²) in [6.07, 6.45) is 12.3. The predicted molar refractivity (Wildman–Crippen MR) is 124 cm³/mol. The number of nitrogens with zero attached hydrogens (tertiary/aromatic N) is 1. The molecule has 0 radical (unpaired) electrons. The van der Waals surface area contributed by atoms with Crippen LogP contribution in [0, 0.1) is 11.3 Å². The Morgan fingerprint density at radius 3 is 2.57 bits per heavy atom. The molecule has 3 rings (SSSR count). The van der Waals surface area contributed by atoms with Crippen LogP contribution in [0.5, 0.6) is 0 Å². The molecule has 0 amide bonds. The minimum absolute atomic E-state index is 0.121. The molecule has 1 atom stereocenters. The summed E-state index contributed by atoms with van der Waals surface area (Å²) in [5.74, 6) is 0.437. The van der Waals surface area contributed by atoms with Crippen molar-refractivity contribution in [3.05, 3.63) is 61.0 Å². The average Bonchev–Trinajstić information content (AvgIpc) is 2.81. The first kappa shape index (κ1) is 22.0. The normalized spacial score (nSPS) is 21.8. The highest BCUT2D eigenvalue weighted by molar-refractivity contribution is 9.12. The van der Waals surface area contributed by atoms with E-state index in [1.54, 1.807) is 4.31 Å². The highest BCUT2D eigenvalue weighted by atomic mass is 79.9. The van der Waals surface area contributed by atoms with Gasteiger partial charge in [-0.3, -0.25) is 0 Å². The van der Waals surface area contributed by atoms with Crippen molar-refractivity contribution in [3.8, 4) is 0 Å².